The maximum Gasteiger partial charge on any atom is 0.356 e. The van der Waals surface area contributed by atoms with Crippen LogP contribution >= 0.6 is 19.2 Å². The third-order valence-corrected chi connectivity index (χ3v) is 10.7. The molecule has 0 saturated heterocycles. The van der Waals surface area contributed by atoms with E-state index < -0.39 is 50.3 Å². The van der Waals surface area contributed by atoms with Crippen molar-refractivity contribution in [3.63, 3.8) is 0 Å². The molecule has 2 aliphatic carbocycles. The Morgan fingerprint density at radius 2 is 1.78 bits per heavy atom. The number of carbonyl (C=O) groups excluding carboxylic acids is 1. The zero-order valence-electron chi connectivity index (χ0n) is 27.6. The number of fused-ring (bicyclic) bond motifs is 2. The van der Waals surface area contributed by atoms with E-state index in [1.807, 2.05) is 6.08 Å². The predicted octanol–water partition coefficient (Wildman–Crippen LogP) is 2.57. The van der Waals surface area contributed by atoms with Crippen molar-refractivity contribution in [2.45, 2.75) is 70.1 Å². The quantitative estimate of drug-likeness (QED) is 0.0381. The number of nitrogens with two attached hydrogens (primary N) is 1. The van der Waals surface area contributed by atoms with E-state index in [1.165, 1.54) is 0 Å². The van der Waals surface area contributed by atoms with Crippen molar-refractivity contribution in [2.24, 2.45) is 0 Å². The highest BCUT2D eigenvalue weighted by Gasteiger charge is 2.45. The molecule has 1 fully saturated rings. The Morgan fingerprint density at radius 3 is 2.46 bits per heavy atom. The highest BCUT2D eigenvalue weighted by atomic mass is 35.5. The van der Waals surface area contributed by atoms with Gasteiger partial charge in [0, 0.05) is 37.1 Å². The van der Waals surface area contributed by atoms with E-state index >= 15 is 0 Å². The number of aryl methyl sites for hydroxylation is 2. The number of ether oxygens (including phenoxy) is 1. The summed E-state index contributed by atoms with van der Waals surface area (Å²) in [6.07, 6.45) is 3.69. The minimum absolute atomic E-state index is 0.0373. The molecule has 4 aromatic heterocycles. The van der Waals surface area contributed by atoms with Gasteiger partial charge in [0.1, 0.15) is 52.5 Å². The first-order valence-corrected chi connectivity index (χ1v) is 18.1. The molecule has 0 bridgehead atoms. The van der Waals surface area contributed by atoms with Crippen LogP contribution < -0.4 is 11.1 Å². The van der Waals surface area contributed by atoms with E-state index in [2.05, 4.69) is 25.3 Å². The molecule has 0 spiro atoms. The fourth-order valence-corrected chi connectivity index (χ4v) is 8.20. The van der Waals surface area contributed by atoms with Crippen LogP contribution in [0.3, 0.4) is 0 Å². The van der Waals surface area contributed by atoms with Gasteiger partial charge in [0.2, 0.25) is 0 Å². The van der Waals surface area contributed by atoms with Crippen LogP contribution in [0.15, 0.2) is 24.5 Å². The highest BCUT2D eigenvalue weighted by molar-refractivity contribution is 7.53. The van der Waals surface area contributed by atoms with E-state index in [0.717, 1.165) is 6.21 Å². The summed E-state index contributed by atoms with van der Waals surface area (Å²) in [7, 11) is -3.88. The van der Waals surface area contributed by atoms with E-state index in [0.29, 0.717) is 45.7 Å². The van der Waals surface area contributed by atoms with Gasteiger partial charge in [-0.15, -0.1) is 0 Å². The maximum atomic E-state index is 13.6. The molecule has 268 valence electrons. The molecule has 19 heteroatoms. The Bertz CT molecular complexity index is 2020. The minimum Gasteiger partial charge on any atom is -0.389 e. The first-order chi connectivity index (χ1) is 23.8. The van der Waals surface area contributed by atoms with Gasteiger partial charge in [-0.25, -0.2) is 19.9 Å². The summed E-state index contributed by atoms with van der Waals surface area (Å²) in [5, 5.41) is 43.4. The number of hydrogen-bond acceptors (Lipinski definition) is 14. The van der Waals surface area contributed by atoms with Gasteiger partial charge in [-0.1, -0.05) is 23.8 Å². The highest BCUT2D eigenvalue weighted by Crippen LogP contribution is 2.49. The van der Waals surface area contributed by atoms with Gasteiger partial charge in [0.25, 0.3) is 5.91 Å². The van der Waals surface area contributed by atoms with Gasteiger partial charge >= 0.3 is 7.60 Å². The molecule has 17 nitrogen and oxygen atoms in total. The number of nitrogens with zero attached hydrogens (tertiary/aromatic N) is 6. The Labute approximate surface area is 291 Å². The first-order valence-electron chi connectivity index (χ1n) is 16.0. The van der Waals surface area contributed by atoms with Crippen molar-refractivity contribution >= 4 is 59.2 Å². The van der Waals surface area contributed by atoms with Gasteiger partial charge < -0.3 is 54.7 Å². The van der Waals surface area contributed by atoms with Crippen molar-refractivity contribution < 1.29 is 38.5 Å². The zero-order chi connectivity index (χ0) is 35.9. The molecule has 0 aliphatic heterocycles. The van der Waals surface area contributed by atoms with Gasteiger partial charge in [0.05, 0.1) is 53.8 Å². The lowest BCUT2D eigenvalue weighted by Crippen LogP contribution is -2.33. The SMILES string of the molecule is CCOP(=O)(CO[C@H]1C[C@@H](n2cc(C=N)c3c(Cl)nc(C)nc32)[C@H](O)[C@@H]1O)OCCNC(=O)c1cn([C@H]2C=C[C@@H](O)C2)c2nc(C)nc(N)c12. The van der Waals surface area contributed by atoms with Crippen molar-refractivity contribution in [1.82, 2.24) is 34.4 Å². The monoisotopic (exact) mass is 731 g/mol. The van der Waals surface area contributed by atoms with Crippen LogP contribution in [-0.2, 0) is 18.3 Å². The number of carbonyl (C=O) groups is 1. The number of allylic oxidation sites excluding steroid dienone is 1. The molecule has 2 aliphatic rings. The number of nitrogens with one attached hydrogen (secondary N) is 2. The van der Waals surface area contributed by atoms with Crippen molar-refractivity contribution in [1.29, 1.82) is 5.41 Å². The average Bonchev–Trinajstić information content (AvgIpc) is 3.82. The normalized spacial score (nSPS) is 24.7. The Kier molecular flexibility index (Phi) is 10.4. The number of aromatic nitrogens is 6. The number of rotatable bonds is 13. The summed E-state index contributed by atoms with van der Waals surface area (Å²) >= 11 is 6.35. The van der Waals surface area contributed by atoms with Crippen LogP contribution in [0.5, 0.6) is 0 Å². The number of aliphatic hydroxyl groups excluding tert-OH is 3. The lowest BCUT2D eigenvalue weighted by molar-refractivity contribution is -0.0490. The lowest BCUT2D eigenvalue weighted by Gasteiger charge is -2.22. The summed E-state index contributed by atoms with van der Waals surface area (Å²) in [5.74, 6) is 0.487. The lowest BCUT2D eigenvalue weighted by atomic mass is 10.2. The molecule has 6 rings (SSSR count). The Morgan fingerprint density at radius 1 is 1.06 bits per heavy atom. The van der Waals surface area contributed by atoms with E-state index in [1.54, 1.807) is 48.4 Å². The average molecular weight is 732 g/mol. The van der Waals surface area contributed by atoms with E-state index in [-0.39, 0.29) is 48.8 Å². The second kappa shape index (κ2) is 14.4. The fourth-order valence-electron chi connectivity index (χ4n) is 6.53. The molecule has 1 saturated carbocycles. The van der Waals surface area contributed by atoms with Crippen LogP contribution in [0.4, 0.5) is 5.82 Å². The van der Waals surface area contributed by atoms with Crippen molar-refractivity contribution in [3.05, 3.63) is 52.5 Å². The topological polar surface area (TPSA) is 246 Å². The Balaban J connectivity index is 1.09. The summed E-state index contributed by atoms with van der Waals surface area (Å²) in [6.45, 7) is 4.79. The summed E-state index contributed by atoms with van der Waals surface area (Å²) in [4.78, 5) is 30.7. The molecule has 7 atom stereocenters. The standard InChI is InChI=1S/C31H39ClN9O8P/c1-4-48-50(46,14-47-22-10-21(25(43)26(22)44)41-12-17(11-33)23-27(32)36-15(2)38-29(23)41)49-8-7-35-31(45)20-13-40(18-5-6-19(42)9-18)30-24(20)28(34)37-16(3)39-30/h5-6,11-13,18-19,21-22,25-26,33,42-44H,4,7-10,14H2,1-3H3,(H,35,45)(H2,34,37,39)/t18-,19+,21+,22-,25-,26+,50?/m0/s1. The van der Waals surface area contributed by atoms with Crippen molar-refractivity contribution in [3.8, 4) is 0 Å². The summed E-state index contributed by atoms with van der Waals surface area (Å²) in [6, 6.07) is -0.931. The van der Waals surface area contributed by atoms with Crippen LogP contribution in [0, 0.1) is 19.3 Å². The van der Waals surface area contributed by atoms with Crippen molar-refractivity contribution in [2.75, 3.05) is 31.8 Å². The molecule has 50 heavy (non-hydrogen) atoms. The third kappa shape index (κ3) is 6.92. The summed E-state index contributed by atoms with van der Waals surface area (Å²) < 4.78 is 33.9. The van der Waals surface area contributed by atoms with E-state index in [9.17, 15) is 24.7 Å². The second-order valence-electron chi connectivity index (χ2n) is 12.2. The number of hydrogen-bond donors (Lipinski definition) is 6. The fraction of sp³-hybridized carbons (Fsp3) is 0.484. The number of halogens is 1. The van der Waals surface area contributed by atoms with Crippen LogP contribution in [-0.4, -0.2) is 107 Å². The molecular formula is C31H39ClN9O8P. The predicted molar refractivity (Wildman–Crippen MR) is 184 cm³/mol. The molecule has 1 amide bonds. The molecule has 4 aromatic rings. The molecule has 0 aromatic carbocycles. The largest absolute Gasteiger partial charge is 0.389 e. The van der Waals surface area contributed by atoms with Crippen LogP contribution in [0.25, 0.3) is 22.1 Å². The molecule has 7 N–H and O–H groups in total. The summed E-state index contributed by atoms with van der Waals surface area (Å²) in [5.41, 5.74) is 7.75. The third-order valence-electron chi connectivity index (χ3n) is 8.78. The molecule has 4 heterocycles. The van der Waals surface area contributed by atoms with Gasteiger partial charge in [-0.2, -0.15) is 0 Å². The van der Waals surface area contributed by atoms with Crippen LogP contribution in [0.1, 0.15) is 59.4 Å². The van der Waals surface area contributed by atoms with E-state index in [4.69, 9.17) is 36.5 Å². The van der Waals surface area contributed by atoms with Gasteiger partial charge in [0.15, 0.2) is 0 Å². The maximum absolute atomic E-state index is 13.6. The molecule has 1 unspecified atom stereocenters. The van der Waals surface area contributed by atoms with Gasteiger partial charge in [-0.05, 0) is 27.2 Å². The second-order valence-corrected chi connectivity index (χ2v) is 14.5. The minimum atomic E-state index is -3.88. The van der Waals surface area contributed by atoms with Gasteiger partial charge in [-0.3, -0.25) is 9.36 Å². The molecular weight excluding hydrogens is 693 g/mol. The number of anilines is 1. The van der Waals surface area contributed by atoms with Crippen LogP contribution in [0.2, 0.25) is 5.15 Å². The Hall–Kier alpha value is -3.80. The number of aliphatic hydroxyl groups is 3. The molecule has 0 radical (unpaired) electrons. The first kappa shape index (κ1) is 36.0. The smallest absolute Gasteiger partial charge is 0.356 e. The zero-order valence-corrected chi connectivity index (χ0v) is 29.2. The number of nitrogen functional groups attached to an aromatic ring is 1. The number of amides is 1.